The van der Waals surface area contributed by atoms with Crippen LogP contribution in [0, 0.1) is 0 Å². The van der Waals surface area contributed by atoms with Crippen molar-refractivity contribution in [3.63, 3.8) is 0 Å². The van der Waals surface area contributed by atoms with Gasteiger partial charge in [-0.2, -0.15) is 0 Å². The van der Waals surface area contributed by atoms with Crippen molar-refractivity contribution in [2.75, 3.05) is 0 Å². The molecule has 0 aliphatic heterocycles. The zero-order valence-electron chi connectivity index (χ0n) is 7.77. The van der Waals surface area contributed by atoms with Crippen LogP contribution in [-0.4, -0.2) is 15.0 Å². The third kappa shape index (κ3) is 1.19. The first-order valence-corrected chi connectivity index (χ1v) is 4.57. The van der Waals surface area contributed by atoms with E-state index in [1.54, 1.807) is 6.20 Å². The Hall–Kier alpha value is -2.23. The zero-order chi connectivity index (χ0) is 10.3. The maximum atomic E-state index is 11.1. The number of fused-ring (bicyclic) bond motifs is 3. The number of pyridine rings is 1. The monoisotopic (exact) mass is 197 g/mol. The van der Waals surface area contributed by atoms with E-state index in [1.165, 1.54) is 6.20 Å². The first-order valence-electron chi connectivity index (χ1n) is 4.57. The van der Waals surface area contributed by atoms with Crippen molar-refractivity contribution >= 4 is 21.8 Å². The molecule has 0 aliphatic carbocycles. The molecule has 72 valence electrons. The molecule has 0 atom stereocenters. The highest BCUT2D eigenvalue weighted by Crippen LogP contribution is 2.18. The lowest BCUT2D eigenvalue weighted by molar-refractivity contribution is 1.12. The summed E-state index contributed by atoms with van der Waals surface area (Å²) in [5.74, 6) is 0. The van der Waals surface area contributed by atoms with Crippen LogP contribution < -0.4 is 5.69 Å². The van der Waals surface area contributed by atoms with Gasteiger partial charge in [0.15, 0.2) is 0 Å². The van der Waals surface area contributed by atoms with Crippen molar-refractivity contribution in [1.82, 2.24) is 15.0 Å². The number of benzene rings is 1. The molecule has 0 radical (unpaired) electrons. The van der Waals surface area contributed by atoms with Crippen LogP contribution in [0.25, 0.3) is 21.8 Å². The number of aromatic nitrogens is 3. The lowest BCUT2D eigenvalue weighted by Crippen LogP contribution is -2.08. The Labute approximate surface area is 84.6 Å². The molecule has 0 saturated heterocycles. The molecule has 1 aromatic carbocycles. The SMILES string of the molecule is O=c1ncc2cnc3ccccc3c2[nH]1. The molecule has 0 amide bonds. The molecule has 2 aromatic heterocycles. The van der Waals surface area contributed by atoms with Gasteiger partial charge in [-0.1, -0.05) is 18.2 Å². The van der Waals surface area contributed by atoms with Crippen LogP contribution in [0.3, 0.4) is 0 Å². The number of H-pyrrole nitrogens is 1. The summed E-state index contributed by atoms with van der Waals surface area (Å²) < 4.78 is 0. The maximum absolute atomic E-state index is 11.1. The molecule has 3 aromatic rings. The van der Waals surface area contributed by atoms with E-state index >= 15 is 0 Å². The molecular weight excluding hydrogens is 190 g/mol. The molecule has 0 saturated carbocycles. The fourth-order valence-corrected chi connectivity index (χ4v) is 1.66. The third-order valence-corrected chi connectivity index (χ3v) is 2.36. The smallest absolute Gasteiger partial charge is 0.305 e. The molecule has 0 aliphatic rings. The fraction of sp³-hybridized carbons (Fsp3) is 0. The molecule has 4 nitrogen and oxygen atoms in total. The zero-order valence-corrected chi connectivity index (χ0v) is 7.77. The summed E-state index contributed by atoms with van der Waals surface area (Å²) in [4.78, 5) is 21.8. The van der Waals surface area contributed by atoms with Gasteiger partial charge in [0.25, 0.3) is 0 Å². The lowest BCUT2D eigenvalue weighted by atomic mass is 10.1. The highest BCUT2D eigenvalue weighted by Gasteiger charge is 2.01. The van der Waals surface area contributed by atoms with Gasteiger partial charge in [-0.15, -0.1) is 0 Å². The Morgan fingerprint density at radius 2 is 1.87 bits per heavy atom. The van der Waals surface area contributed by atoms with Crippen molar-refractivity contribution in [3.05, 3.63) is 47.1 Å². The van der Waals surface area contributed by atoms with Crippen LogP contribution in [0.5, 0.6) is 0 Å². The first kappa shape index (κ1) is 8.11. The van der Waals surface area contributed by atoms with E-state index in [0.717, 1.165) is 21.8 Å². The normalized spacial score (nSPS) is 10.9. The quantitative estimate of drug-likeness (QED) is 0.555. The number of para-hydroxylation sites is 1. The Kier molecular flexibility index (Phi) is 1.56. The Balaban J connectivity index is 2.63. The molecule has 1 N–H and O–H groups in total. The molecule has 3 rings (SSSR count). The van der Waals surface area contributed by atoms with Crippen molar-refractivity contribution in [1.29, 1.82) is 0 Å². The van der Waals surface area contributed by atoms with Crippen LogP contribution >= 0.6 is 0 Å². The van der Waals surface area contributed by atoms with Crippen molar-refractivity contribution in [2.24, 2.45) is 0 Å². The number of nitrogens with one attached hydrogen (secondary N) is 1. The second kappa shape index (κ2) is 2.88. The van der Waals surface area contributed by atoms with Crippen LogP contribution in [0.4, 0.5) is 0 Å². The summed E-state index contributed by atoms with van der Waals surface area (Å²) in [6.45, 7) is 0. The van der Waals surface area contributed by atoms with E-state index in [9.17, 15) is 4.79 Å². The first-order chi connectivity index (χ1) is 7.34. The number of hydrogen-bond donors (Lipinski definition) is 1. The molecular formula is C11H7N3O. The average molecular weight is 197 g/mol. The molecule has 2 heterocycles. The second-order valence-corrected chi connectivity index (χ2v) is 3.29. The predicted molar refractivity (Wildman–Crippen MR) is 57.7 cm³/mol. The van der Waals surface area contributed by atoms with Gasteiger partial charge < -0.3 is 4.98 Å². The largest absolute Gasteiger partial charge is 0.345 e. The minimum atomic E-state index is -0.334. The summed E-state index contributed by atoms with van der Waals surface area (Å²) in [6, 6.07) is 7.68. The lowest BCUT2D eigenvalue weighted by Gasteiger charge is -2.00. The Bertz CT molecular complexity index is 703. The molecule has 4 heteroatoms. The highest BCUT2D eigenvalue weighted by atomic mass is 16.1. The minimum Gasteiger partial charge on any atom is -0.305 e. The van der Waals surface area contributed by atoms with Crippen molar-refractivity contribution in [3.8, 4) is 0 Å². The number of aromatic amines is 1. The summed E-state index contributed by atoms with van der Waals surface area (Å²) in [5.41, 5.74) is 1.33. The number of nitrogens with zero attached hydrogens (tertiary/aromatic N) is 2. The molecule has 15 heavy (non-hydrogen) atoms. The van der Waals surface area contributed by atoms with Crippen LogP contribution in [-0.2, 0) is 0 Å². The fourth-order valence-electron chi connectivity index (χ4n) is 1.66. The number of hydrogen-bond acceptors (Lipinski definition) is 3. The van der Waals surface area contributed by atoms with Crippen molar-refractivity contribution < 1.29 is 0 Å². The third-order valence-electron chi connectivity index (χ3n) is 2.36. The average Bonchev–Trinajstić information content (AvgIpc) is 2.29. The van der Waals surface area contributed by atoms with E-state index in [0.29, 0.717) is 0 Å². The molecule has 0 fully saturated rings. The Morgan fingerprint density at radius 1 is 1.07 bits per heavy atom. The van der Waals surface area contributed by atoms with Gasteiger partial charge in [0, 0.05) is 23.2 Å². The number of rotatable bonds is 0. The summed E-state index contributed by atoms with van der Waals surface area (Å²) in [6.07, 6.45) is 3.24. The molecule has 0 unspecified atom stereocenters. The maximum Gasteiger partial charge on any atom is 0.345 e. The van der Waals surface area contributed by atoms with E-state index < -0.39 is 0 Å². The van der Waals surface area contributed by atoms with E-state index in [1.807, 2.05) is 24.3 Å². The van der Waals surface area contributed by atoms with E-state index in [2.05, 4.69) is 15.0 Å². The van der Waals surface area contributed by atoms with Gasteiger partial charge in [-0.25, -0.2) is 9.78 Å². The van der Waals surface area contributed by atoms with Gasteiger partial charge in [0.1, 0.15) is 0 Å². The van der Waals surface area contributed by atoms with E-state index in [4.69, 9.17) is 0 Å². The predicted octanol–water partition coefficient (Wildman–Crippen LogP) is 1.47. The van der Waals surface area contributed by atoms with Crippen LogP contribution in [0.2, 0.25) is 0 Å². The van der Waals surface area contributed by atoms with E-state index in [-0.39, 0.29) is 5.69 Å². The summed E-state index contributed by atoms with van der Waals surface area (Å²) >= 11 is 0. The van der Waals surface area contributed by atoms with Gasteiger partial charge >= 0.3 is 5.69 Å². The van der Waals surface area contributed by atoms with Crippen LogP contribution in [0.15, 0.2) is 41.5 Å². The van der Waals surface area contributed by atoms with Gasteiger partial charge in [0.05, 0.1) is 11.0 Å². The molecule has 0 spiro atoms. The summed E-state index contributed by atoms with van der Waals surface area (Å²) in [5, 5.41) is 1.78. The topological polar surface area (TPSA) is 58.6 Å². The molecule has 0 bridgehead atoms. The standard InChI is InChI=1S/C11H7N3O/c15-11-13-6-7-5-12-9-4-2-1-3-8(9)10(7)14-11/h1-6H,(H,13,14,15). The van der Waals surface area contributed by atoms with Gasteiger partial charge in [-0.05, 0) is 6.07 Å². The van der Waals surface area contributed by atoms with Crippen LogP contribution in [0.1, 0.15) is 0 Å². The minimum absolute atomic E-state index is 0.334. The summed E-state index contributed by atoms with van der Waals surface area (Å²) in [7, 11) is 0. The highest BCUT2D eigenvalue weighted by molar-refractivity contribution is 6.02. The van der Waals surface area contributed by atoms with Crippen molar-refractivity contribution in [2.45, 2.75) is 0 Å². The second-order valence-electron chi connectivity index (χ2n) is 3.29. The Morgan fingerprint density at radius 3 is 2.80 bits per heavy atom. The van der Waals surface area contributed by atoms with Gasteiger partial charge in [0.2, 0.25) is 0 Å². The van der Waals surface area contributed by atoms with Gasteiger partial charge in [-0.3, -0.25) is 4.98 Å².